The van der Waals surface area contributed by atoms with E-state index in [0.717, 1.165) is 45.6 Å². The molecule has 1 aromatic rings. The van der Waals surface area contributed by atoms with E-state index in [0.29, 0.717) is 30.2 Å². The lowest BCUT2D eigenvalue weighted by Gasteiger charge is -2.39. The molecular weight excluding hydrogens is 345 g/mol. The molecule has 2 saturated heterocycles. The molecule has 5 nitrogen and oxygen atoms in total. The summed E-state index contributed by atoms with van der Waals surface area (Å²) in [5.41, 5.74) is 0.526. The van der Waals surface area contributed by atoms with Gasteiger partial charge < -0.3 is 10.1 Å². The number of morpholine rings is 1. The molecule has 6 heteroatoms. The van der Waals surface area contributed by atoms with E-state index in [-0.39, 0.29) is 18.3 Å². The van der Waals surface area contributed by atoms with Crippen LogP contribution in [0.2, 0.25) is 0 Å². The molecule has 150 valence electrons. The zero-order valence-electron chi connectivity index (χ0n) is 16.5. The Bertz CT molecular complexity index is 609. The van der Waals surface area contributed by atoms with E-state index in [9.17, 15) is 9.18 Å². The number of ether oxygens (including phenoxy) is 1. The van der Waals surface area contributed by atoms with Crippen LogP contribution in [0.1, 0.15) is 32.3 Å². The maximum Gasteiger partial charge on any atom is 0.234 e. The molecule has 0 spiro atoms. The molecule has 0 aliphatic carbocycles. The van der Waals surface area contributed by atoms with Gasteiger partial charge in [-0.1, -0.05) is 18.2 Å². The van der Waals surface area contributed by atoms with Crippen LogP contribution >= 0.6 is 0 Å². The van der Waals surface area contributed by atoms with E-state index in [1.165, 1.54) is 6.07 Å². The molecule has 1 N–H and O–H groups in total. The minimum Gasteiger partial charge on any atom is -0.373 e. The molecule has 3 rings (SSSR count). The highest BCUT2D eigenvalue weighted by molar-refractivity contribution is 5.78. The van der Waals surface area contributed by atoms with Crippen molar-refractivity contribution in [3.05, 3.63) is 35.6 Å². The van der Waals surface area contributed by atoms with Gasteiger partial charge in [-0.15, -0.1) is 0 Å². The number of hydrogen-bond donors (Lipinski definition) is 1. The molecule has 0 aromatic heterocycles. The van der Waals surface area contributed by atoms with Gasteiger partial charge in [0.2, 0.25) is 5.91 Å². The van der Waals surface area contributed by atoms with Crippen LogP contribution in [0, 0.1) is 11.7 Å². The fraction of sp³-hybridized carbons (Fsp3) is 0.667. The number of amides is 1. The maximum atomic E-state index is 13.6. The van der Waals surface area contributed by atoms with E-state index >= 15 is 0 Å². The Morgan fingerprint density at radius 2 is 1.81 bits per heavy atom. The summed E-state index contributed by atoms with van der Waals surface area (Å²) in [6.45, 7) is 10.00. The van der Waals surface area contributed by atoms with Gasteiger partial charge in [0.1, 0.15) is 5.82 Å². The van der Waals surface area contributed by atoms with Crippen LogP contribution < -0.4 is 5.32 Å². The van der Waals surface area contributed by atoms with Crippen molar-refractivity contribution in [1.29, 1.82) is 0 Å². The molecule has 27 heavy (non-hydrogen) atoms. The highest BCUT2D eigenvalue weighted by Crippen LogP contribution is 2.20. The third-order valence-corrected chi connectivity index (χ3v) is 5.52. The Labute approximate surface area is 161 Å². The van der Waals surface area contributed by atoms with Crippen molar-refractivity contribution in [2.45, 2.75) is 45.4 Å². The van der Waals surface area contributed by atoms with Gasteiger partial charge in [0, 0.05) is 31.7 Å². The highest BCUT2D eigenvalue weighted by Gasteiger charge is 2.27. The lowest BCUT2D eigenvalue weighted by Crippen LogP contribution is -2.49. The first-order chi connectivity index (χ1) is 13.0. The SMILES string of the molecule is CC1CN(CC2CCN(CC(=O)NCc3ccccc3F)CC2)CC(C)O1. The second-order valence-electron chi connectivity index (χ2n) is 8.06. The molecule has 0 radical (unpaired) electrons. The van der Waals surface area contributed by atoms with Crippen LogP contribution in [0.15, 0.2) is 24.3 Å². The Kier molecular flexibility index (Phi) is 7.21. The number of rotatable bonds is 6. The summed E-state index contributed by atoms with van der Waals surface area (Å²) in [4.78, 5) is 16.9. The van der Waals surface area contributed by atoms with Crippen LogP contribution in [0.4, 0.5) is 4.39 Å². The quantitative estimate of drug-likeness (QED) is 0.826. The van der Waals surface area contributed by atoms with Crippen molar-refractivity contribution in [3.8, 4) is 0 Å². The van der Waals surface area contributed by atoms with Crippen molar-refractivity contribution in [3.63, 3.8) is 0 Å². The van der Waals surface area contributed by atoms with Crippen LogP contribution in [-0.4, -0.2) is 67.2 Å². The summed E-state index contributed by atoms with van der Waals surface area (Å²) in [6, 6.07) is 6.56. The first-order valence-electron chi connectivity index (χ1n) is 10.1. The summed E-state index contributed by atoms with van der Waals surface area (Å²) >= 11 is 0. The normalized spacial score (nSPS) is 25.4. The summed E-state index contributed by atoms with van der Waals surface area (Å²) < 4.78 is 19.4. The monoisotopic (exact) mass is 377 g/mol. The van der Waals surface area contributed by atoms with Crippen LogP contribution in [0.5, 0.6) is 0 Å². The zero-order chi connectivity index (χ0) is 19.2. The molecule has 2 unspecified atom stereocenters. The van der Waals surface area contributed by atoms with Gasteiger partial charge in [0.15, 0.2) is 0 Å². The fourth-order valence-electron chi connectivity index (χ4n) is 4.22. The first-order valence-corrected chi connectivity index (χ1v) is 10.1. The van der Waals surface area contributed by atoms with E-state index in [4.69, 9.17) is 4.74 Å². The number of carbonyl (C=O) groups excluding carboxylic acids is 1. The Morgan fingerprint density at radius 3 is 2.48 bits per heavy atom. The summed E-state index contributed by atoms with van der Waals surface area (Å²) in [7, 11) is 0. The first kappa shape index (κ1) is 20.2. The molecule has 2 fully saturated rings. The molecule has 0 bridgehead atoms. The van der Waals surface area contributed by atoms with E-state index in [1.54, 1.807) is 18.2 Å². The molecule has 2 aliphatic heterocycles. The molecule has 2 aliphatic rings. The summed E-state index contributed by atoms with van der Waals surface area (Å²) in [5.74, 6) is 0.387. The minimum absolute atomic E-state index is 0.0347. The van der Waals surface area contributed by atoms with Gasteiger partial charge >= 0.3 is 0 Å². The van der Waals surface area contributed by atoms with Gasteiger partial charge in [-0.3, -0.25) is 14.6 Å². The predicted octanol–water partition coefficient (Wildman–Crippen LogP) is 2.26. The lowest BCUT2D eigenvalue weighted by atomic mass is 9.95. The van der Waals surface area contributed by atoms with E-state index in [1.807, 2.05) is 0 Å². The van der Waals surface area contributed by atoms with Crippen LogP contribution in [-0.2, 0) is 16.1 Å². The third-order valence-electron chi connectivity index (χ3n) is 5.52. The van der Waals surface area contributed by atoms with Gasteiger partial charge in [0.25, 0.3) is 0 Å². The van der Waals surface area contributed by atoms with E-state index < -0.39 is 0 Å². The van der Waals surface area contributed by atoms with E-state index in [2.05, 4.69) is 29.0 Å². The summed E-state index contributed by atoms with van der Waals surface area (Å²) in [5, 5.41) is 2.83. The molecule has 2 heterocycles. The second-order valence-corrected chi connectivity index (χ2v) is 8.06. The molecule has 1 amide bonds. The highest BCUT2D eigenvalue weighted by atomic mass is 19.1. The van der Waals surface area contributed by atoms with Crippen molar-refractivity contribution in [2.75, 3.05) is 39.3 Å². The Balaban J connectivity index is 1.35. The van der Waals surface area contributed by atoms with Gasteiger partial charge in [-0.05, 0) is 51.8 Å². The number of piperidine rings is 1. The van der Waals surface area contributed by atoms with Gasteiger partial charge in [0.05, 0.1) is 18.8 Å². The Morgan fingerprint density at radius 1 is 1.15 bits per heavy atom. The topological polar surface area (TPSA) is 44.8 Å². The van der Waals surface area contributed by atoms with Crippen LogP contribution in [0.25, 0.3) is 0 Å². The number of likely N-dealkylation sites (tertiary alicyclic amines) is 1. The van der Waals surface area contributed by atoms with Crippen molar-refractivity contribution >= 4 is 5.91 Å². The molecular formula is C21H32FN3O2. The summed E-state index contributed by atoms with van der Waals surface area (Å²) in [6.07, 6.45) is 2.88. The maximum absolute atomic E-state index is 13.6. The Hall–Kier alpha value is -1.50. The number of carbonyl (C=O) groups is 1. The van der Waals surface area contributed by atoms with Gasteiger partial charge in [-0.25, -0.2) is 4.39 Å². The number of hydrogen-bond acceptors (Lipinski definition) is 4. The average molecular weight is 378 g/mol. The zero-order valence-corrected chi connectivity index (χ0v) is 16.5. The van der Waals surface area contributed by atoms with Crippen LogP contribution in [0.3, 0.4) is 0 Å². The number of nitrogens with one attached hydrogen (secondary N) is 1. The van der Waals surface area contributed by atoms with Crippen molar-refractivity contribution in [1.82, 2.24) is 15.1 Å². The van der Waals surface area contributed by atoms with Crippen molar-refractivity contribution in [2.24, 2.45) is 5.92 Å². The average Bonchev–Trinajstić information content (AvgIpc) is 2.62. The second kappa shape index (κ2) is 9.62. The molecule has 0 saturated carbocycles. The molecule has 1 aromatic carbocycles. The van der Waals surface area contributed by atoms with Crippen molar-refractivity contribution < 1.29 is 13.9 Å². The third kappa shape index (κ3) is 6.26. The molecule has 2 atom stereocenters. The number of halogens is 1. The largest absolute Gasteiger partial charge is 0.373 e. The number of benzene rings is 1. The lowest BCUT2D eigenvalue weighted by molar-refractivity contribution is -0.122. The van der Waals surface area contributed by atoms with Gasteiger partial charge in [-0.2, -0.15) is 0 Å². The smallest absolute Gasteiger partial charge is 0.234 e. The minimum atomic E-state index is -0.273. The number of nitrogens with zero attached hydrogens (tertiary/aromatic N) is 2. The standard InChI is InChI=1S/C21H32FN3O2/c1-16-12-25(13-17(2)27-16)14-18-7-9-24(10-8-18)15-21(26)23-11-19-5-3-4-6-20(19)22/h3-6,16-18H,7-15H2,1-2H3,(H,23,26). The predicted molar refractivity (Wildman–Crippen MR) is 104 cm³/mol. The fourth-order valence-corrected chi connectivity index (χ4v) is 4.22.